The first kappa shape index (κ1) is 38.3. The standard InChI is InChI=1S/C32H66N2O5/c1-7-9-10-11-12-13-14-15-16-17-18-19-20-22-29(28(36)26-34(5,6)24-8-2)39-27-32(3,4)30(37)31(38)33-23-21-25-35/h28-30,35-37H,7-27H2,1-6H3/p+1/t28-,29+,30-/m1/s1. The van der Waals surface area contributed by atoms with E-state index in [1.807, 2.05) is 13.8 Å². The second-order valence-electron chi connectivity index (χ2n) is 13.0. The minimum absolute atomic E-state index is 0.00543. The van der Waals surface area contributed by atoms with E-state index in [-0.39, 0.29) is 19.3 Å². The molecule has 0 spiro atoms. The molecule has 0 saturated carbocycles. The number of aliphatic hydroxyl groups is 3. The fourth-order valence-corrected chi connectivity index (χ4v) is 5.21. The van der Waals surface area contributed by atoms with Crippen molar-refractivity contribution in [2.45, 2.75) is 149 Å². The van der Waals surface area contributed by atoms with Crippen molar-refractivity contribution < 1.29 is 29.3 Å². The van der Waals surface area contributed by atoms with Crippen molar-refractivity contribution in [1.29, 1.82) is 0 Å². The quantitative estimate of drug-likeness (QED) is 0.0777. The highest BCUT2D eigenvalue weighted by Crippen LogP contribution is 2.25. The Morgan fingerprint density at radius 3 is 1.82 bits per heavy atom. The predicted molar refractivity (Wildman–Crippen MR) is 163 cm³/mol. The summed E-state index contributed by atoms with van der Waals surface area (Å²) in [5.41, 5.74) is -0.801. The van der Waals surface area contributed by atoms with Crippen LogP contribution in [0.15, 0.2) is 0 Å². The van der Waals surface area contributed by atoms with E-state index in [0.29, 0.717) is 19.5 Å². The molecule has 7 heteroatoms. The van der Waals surface area contributed by atoms with E-state index < -0.39 is 23.5 Å². The van der Waals surface area contributed by atoms with Gasteiger partial charge in [-0.1, -0.05) is 111 Å². The number of unbranched alkanes of at least 4 members (excludes halogenated alkanes) is 12. The number of carbonyl (C=O) groups excluding carboxylic acids is 1. The van der Waals surface area contributed by atoms with Crippen LogP contribution in [-0.2, 0) is 9.53 Å². The highest BCUT2D eigenvalue weighted by atomic mass is 16.5. The number of aliphatic hydroxyl groups excluding tert-OH is 3. The summed E-state index contributed by atoms with van der Waals surface area (Å²) < 4.78 is 6.99. The lowest BCUT2D eigenvalue weighted by Gasteiger charge is -2.36. The van der Waals surface area contributed by atoms with Crippen molar-refractivity contribution >= 4 is 5.91 Å². The third-order valence-corrected chi connectivity index (χ3v) is 7.82. The summed E-state index contributed by atoms with van der Waals surface area (Å²) in [4.78, 5) is 12.4. The van der Waals surface area contributed by atoms with Gasteiger partial charge < -0.3 is 29.9 Å². The molecule has 0 fully saturated rings. The monoisotopic (exact) mass is 560 g/mol. The van der Waals surface area contributed by atoms with Crippen LogP contribution in [0, 0.1) is 5.41 Å². The Labute approximate surface area is 241 Å². The Morgan fingerprint density at radius 2 is 1.33 bits per heavy atom. The Kier molecular flexibility index (Phi) is 22.5. The number of quaternary nitrogens is 1. The molecule has 0 aliphatic heterocycles. The number of ether oxygens (including phenoxy) is 1. The number of carbonyl (C=O) groups is 1. The van der Waals surface area contributed by atoms with Crippen LogP contribution in [-0.4, -0.2) is 91.0 Å². The number of rotatable bonds is 27. The number of hydrogen-bond acceptors (Lipinski definition) is 5. The molecule has 4 N–H and O–H groups in total. The molecule has 7 nitrogen and oxygen atoms in total. The molecule has 39 heavy (non-hydrogen) atoms. The Hall–Kier alpha value is -0.730. The minimum atomic E-state index is -1.22. The molecular weight excluding hydrogens is 492 g/mol. The van der Waals surface area contributed by atoms with Gasteiger partial charge in [0.2, 0.25) is 5.91 Å². The zero-order chi connectivity index (χ0) is 29.6. The van der Waals surface area contributed by atoms with E-state index in [9.17, 15) is 15.0 Å². The molecule has 0 aromatic carbocycles. The first-order valence-electron chi connectivity index (χ1n) is 16.2. The molecule has 0 aliphatic carbocycles. The van der Waals surface area contributed by atoms with Gasteiger partial charge in [-0.25, -0.2) is 0 Å². The lowest BCUT2D eigenvalue weighted by molar-refractivity contribution is -0.893. The molecule has 0 aliphatic rings. The third-order valence-electron chi connectivity index (χ3n) is 7.82. The number of amides is 1. The molecule has 0 aromatic heterocycles. The molecule has 0 rings (SSSR count). The maximum Gasteiger partial charge on any atom is 0.249 e. The van der Waals surface area contributed by atoms with Crippen LogP contribution in [0.25, 0.3) is 0 Å². The second-order valence-corrected chi connectivity index (χ2v) is 13.0. The molecule has 0 bridgehead atoms. The summed E-state index contributed by atoms with van der Waals surface area (Å²) in [7, 11) is 4.28. The van der Waals surface area contributed by atoms with Gasteiger partial charge in [0.05, 0.1) is 33.4 Å². The Balaban J connectivity index is 4.62. The van der Waals surface area contributed by atoms with Gasteiger partial charge in [0.25, 0.3) is 0 Å². The molecule has 3 atom stereocenters. The van der Waals surface area contributed by atoms with Crippen molar-refractivity contribution in [3.63, 3.8) is 0 Å². The van der Waals surface area contributed by atoms with Crippen LogP contribution in [0.1, 0.15) is 130 Å². The summed E-state index contributed by atoms with van der Waals surface area (Å²) >= 11 is 0. The fourth-order valence-electron chi connectivity index (χ4n) is 5.21. The summed E-state index contributed by atoms with van der Waals surface area (Å²) in [5, 5.41) is 33.4. The number of hydrogen-bond donors (Lipinski definition) is 4. The van der Waals surface area contributed by atoms with E-state index in [1.165, 1.54) is 70.6 Å². The van der Waals surface area contributed by atoms with Gasteiger partial charge in [-0.15, -0.1) is 0 Å². The lowest BCUT2D eigenvalue weighted by atomic mass is 9.86. The average molecular weight is 560 g/mol. The zero-order valence-electron chi connectivity index (χ0n) is 26.7. The lowest BCUT2D eigenvalue weighted by Crippen LogP contribution is -2.51. The zero-order valence-corrected chi connectivity index (χ0v) is 26.7. The predicted octanol–water partition coefficient (Wildman–Crippen LogP) is 5.59. The molecule has 0 unspecified atom stereocenters. The van der Waals surface area contributed by atoms with Crippen molar-refractivity contribution in [2.24, 2.45) is 5.41 Å². The van der Waals surface area contributed by atoms with Gasteiger partial charge in [0.1, 0.15) is 18.8 Å². The maximum atomic E-state index is 12.4. The van der Waals surface area contributed by atoms with Gasteiger partial charge in [0, 0.05) is 18.6 Å². The second kappa shape index (κ2) is 22.9. The van der Waals surface area contributed by atoms with E-state index in [0.717, 1.165) is 36.7 Å². The average Bonchev–Trinajstić information content (AvgIpc) is 2.87. The van der Waals surface area contributed by atoms with Crippen molar-refractivity contribution in [1.82, 2.24) is 5.32 Å². The molecule has 0 saturated heterocycles. The topological polar surface area (TPSA) is 99.0 Å². The number of nitrogens with zero attached hydrogens (tertiary/aromatic N) is 1. The maximum absolute atomic E-state index is 12.4. The van der Waals surface area contributed by atoms with Gasteiger partial charge in [-0.2, -0.15) is 0 Å². The van der Waals surface area contributed by atoms with Crippen LogP contribution in [0.2, 0.25) is 0 Å². The van der Waals surface area contributed by atoms with E-state index in [4.69, 9.17) is 9.84 Å². The molecule has 1 amide bonds. The largest absolute Gasteiger partial charge is 0.396 e. The molecule has 0 aromatic rings. The van der Waals surface area contributed by atoms with Crippen molar-refractivity contribution in [3.8, 4) is 0 Å². The van der Waals surface area contributed by atoms with Crippen LogP contribution in [0.5, 0.6) is 0 Å². The summed E-state index contributed by atoms with van der Waals surface area (Å²) in [6, 6.07) is 0. The smallest absolute Gasteiger partial charge is 0.249 e. The summed E-state index contributed by atoms with van der Waals surface area (Å²) in [6.07, 6.45) is 17.0. The van der Waals surface area contributed by atoms with Gasteiger partial charge in [-0.05, 0) is 19.3 Å². The normalized spacial score (nSPS) is 14.8. The number of likely N-dealkylation sites (N-methyl/N-ethyl adjacent to an activating group) is 1. The molecule has 0 heterocycles. The van der Waals surface area contributed by atoms with Gasteiger partial charge in [0.15, 0.2) is 0 Å². The highest BCUT2D eigenvalue weighted by molar-refractivity contribution is 5.81. The van der Waals surface area contributed by atoms with Crippen LogP contribution in [0.3, 0.4) is 0 Å². The fraction of sp³-hybridized carbons (Fsp3) is 0.969. The third kappa shape index (κ3) is 19.9. The first-order valence-corrected chi connectivity index (χ1v) is 16.2. The summed E-state index contributed by atoms with van der Waals surface area (Å²) in [6.45, 7) is 10.2. The van der Waals surface area contributed by atoms with Gasteiger partial charge >= 0.3 is 0 Å². The highest BCUT2D eigenvalue weighted by Gasteiger charge is 2.36. The first-order chi connectivity index (χ1) is 18.5. The summed E-state index contributed by atoms with van der Waals surface area (Å²) in [5.74, 6) is -0.452. The van der Waals surface area contributed by atoms with Crippen LogP contribution >= 0.6 is 0 Å². The Bertz CT molecular complexity index is 585. The van der Waals surface area contributed by atoms with Crippen LogP contribution < -0.4 is 5.32 Å². The molecule has 0 radical (unpaired) electrons. The minimum Gasteiger partial charge on any atom is -0.396 e. The SMILES string of the molecule is CCCCCCCCCCCCCCC[C@H](OCC(C)(C)[C@H](O)C(=O)NCCCO)[C@H](O)C[N+](C)(C)CCC. The van der Waals surface area contributed by atoms with Crippen molar-refractivity contribution in [2.75, 3.05) is 46.9 Å². The number of nitrogens with one attached hydrogen (secondary N) is 1. The van der Waals surface area contributed by atoms with E-state index in [2.05, 4.69) is 33.3 Å². The molecular formula is C32H67N2O5+. The Morgan fingerprint density at radius 1 is 0.821 bits per heavy atom. The van der Waals surface area contributed by atoms with Gasteiger partial charge in [-0.3, -0.25) is 4.79 Å². The molecule has 234 valence electrons. The van der Waals surface area contributed by atoms with Crippen LogP contribution in [0.4, 0.5) is 0 Å². The van der Waals surface area contributed by atoms with E-state index in [1.54, 1.807) is 0 Å². The van der Waals surface area contributed by atoms with E-state index >= 15 is 0 Å². The van der Waals surface area contributed by atoms with Crippen molar-refractivity contribution in [3.05, 3.63) is 0 Å².